The number of rotatable bonds is 7. The van der Waals surface area contributed by atoms with E-state index in [2.05, 4.69) is 17.6 Å². The molecule has 82 valence electrons. The zero-order valence-corrected chi connectivity index (χ0v) is 9.45. The number of hydrogen-bond acceptors (Lipinski definition) is 2. The van der Waals surface area contributed by atoms with Crippen LogP contribution in [0.3, 0.4) is 0 Å². The maximum atomic E-state index is 10.4. The first kappa shape index (κ1) is 13.2. The summed E-state index contributed by atoms with van der Waals surface area (Å²) in [4.78, 5) is 10.4. The van der Waals surface area contributed by atoms with Crippen LogP contribution in [0.2, 0.25) is 0 Å². The van der Waals surface area contributed by atoms with Crippen molar-refractivity contribution in [3.05, 3.63) is 0 Å². The number of carbonyl (C=O) groups is 1. The standard InChI is InChI=1S/C9H19N3OS/c1-2-6-11-9(14)12-7-4-3-5-8(10)13/h2-7H2,1H3,(H2,10,13)(H2,11,12,14). The number of nitrogens with one attached hydrogen (secondary N) is 2. The largest absolute Gasteiger partial charge is 0.370 e. The van der Waals surface area contributed by atoms with Gasteiger partial charge in [0.1, 0.15) is 0 Å². The molecular formula is C9H19N3OS. The second-order valence-electron chi connectivity index (χ2n) is 3.11. The highest BCUT2D eigenvalue weighted by Gasteiger charge is 1.95. The summed E-state index contributed by atoms with van der Waals surface area (Å²) in [5.74, 6) is -0.239. The van der Waals surface area contributed by atoms with Gasteiger partial charge in [-0.05, 0) is 31.5 Å². The van der Waals surface area contributed by atoms with Crippen molar-refractivity contribution in [2.24, 2.45) is 5.73 Å². The Morgan fingerprint density at radius 1 is 1.29 bits per heavy atom. The van der Waals surface area contributed by atoms with Gasteiger partial charge in [-0.25, -0.2) is 0 Å². The molecule has 0 spiro atoms. The van der Waals surface area contributed by atoms with Crippen LogP contribution in [0.4, 0.5) is 0 Å². The first-order valence-corrected chi connectivity index (χ1v) is 5.37. The maximum Gasteiger partial charge on any atom is 0.217 e. The van der Waals surface area contributed by atoms with Crippen molar-refractivity contribution in [2.75, 3.05) is 13.1 Å². The van der Waals surface area contributed by atoms with E-state index < -0.39 is 0 Å². The summed E-state index contributed by atoms with van der Waals surface area (Å²) in [6.45, 7) is 3.78. The third-order valence-electron chi connectivity index (χ3n) is 1.67. The van der Waals surface area contributed by atoms with Gasteiger partial charge >= 0.3 is 0 Å². The van der Waals surface area contributed by atoms with E-state index >= 15 is 0 Å². The quantitative estimate of drug-likeness (QED) is 0.429. The molecule has 4 nitrogen and oxygen atoms in total. The highest BCUT2D eigenvalue weighted by molar-refractivity contribution is 7.80. The van der Waals surface area contributed by atoms with Gasteiger partial charge < -0.3 is 16.4 Å². The van der Waals surface area contributed by atoms with Gasteiger partial charge in [0.25, 0.3) is 0 Å². The van der Waals surface area contributed by atoms with Crippen molar-refractivity contribution in [2.45, 2.75) is 32.6 Å². The van der Waals surface area contributed by atoms with Gasteiger partial charge in [0.05, 0.1) is 0 Å². The number of amides is 1. The number of nitrogens with two attached hydrogens (primary N) is 1. The molecule has 0 saturated heterocycles. The lowest BCUT2D eigenvalue weighted by molar-refractivity contribution is -0.118. The Morgan fingerprint density at radius 2 is 1.93 bits per heavy atom. The zero-order chi connectivity index (χ0) is 10.8. The molecule has 4 N–H and O–H groups in total. The van der Waals surface area contributed by atoms with Gasteiger partial charge in [-0.2, -0.15) is 0 Å². The minimum absolute atomic E-state index is 0.239. The minimum atomic E-state index is -0.239. The van der Waals surface area contributed by atoms with Crippen molar-refractivity contribution in [1.29, 1.82) is 0 Å². The number of hydrogen-bond donors (Lipinski definition) is 3. The van der Waals surface area contributed by atoms with E-state index in [-0.39, 0.29) is 5.91 Å². The molecule has 1 amide bonds. The molecule has 0 fully saturated rings. The van der Waals surface area contributed by atoms with E-state index in [9.17, 15) is 4.79 Å². The van der Waals surface area contributed by atoms with Crippen molar-refractivity contribution >= 4 is 23.2 Å². The maximum absolute atomic E-state index is 10.4. The van der Waals surface area contributed by atoms with Gasteiger partial charge in [0, 0.05) is 19.5 Å². The van der Waals surface area contributed by atoms with Crippen LogP contribution in [0.15, 0.2) is 0 Å². The second-order valence-corrected chi connectivity index (χ2v) is 3.51. The molecule has 14 heavy (non-hydrogen) atoms. The van der Waals surface area contributed by atoms with Crippen molar-refractivity contribution < 1.29 is 4.79 Å². The van der Waals surface area contributed by atoms with Crippen LogP contribution < -0.4 is 16.4 Å². The molecule has 0 aromatic rings. The molecule has 0 atom stereocenters. The monoisotopic (exact) mass is 217 g/mol. The summed E-state index contributed by atoms with van der Waals surface area (Å²) in [6.07, 6.45) is 3.25. The first-order valence-electron chi connectivity index (χ1n) is 4.96. The van der Waals surface area contributed by atoms with Gasteiger partial charge in [-0.3, -0.25) is 4.79 Å². The topological polar surface area (TPSA) is 67.2 Å². The lowest BCUT2D eigenvalue weighted by Gasteiger charge is -2.08. The number of unbranched alkanes of at least 4 members (excludes halogenated alkanes) is 1. The fraction of sp³-hybridized carbons (Fsp3) is 0.778. The zero-order valence-electron chi connectivity index (χ0n) is 8.64. The average Bonchev–Trinajstić information content (AvgIpc) is 2.13. The van der Waals surface area contributed by atoms with Crippen LogP contribution in [0.1, 0.15) is 32.6 Å². The molecule has 0 bridgehead atoms. The molecule has 0 heterocycles. The molecule has 0 aromatic heterocycles. The molecule has 0 rings (SSSR count). The Labute approximate surface area is 90.6 Å². The summed E-state index contributed by atoms with van der Waals surface area (Å²) < 4.78 is 0. The Bertz CT molecular complexity index is 185. The number of carbonyl (C=O) groups excluding carboxylic acids is 1. The highest BCUT2D eigenvalue weighted by Crippen LogP contribution is 1.91. The Morgan fingerprint density at radius 3 is 2.50 bits per heavy atom. The van der Waals surface area contributed by atoms with Crippen LogP contribution >= 0.6 is 12.2 Å². The van der Waals surface area contributed by atoms with Gasteiger partial charge in [0.15, 0.2) is 5.11 Å². The van der Waals surface area contributed by atoms with Crippen LogP contribution in [0, 0.1) is 0 Å². The molecule has 0 aromatic carbocycles. The lowest BCUT2D eigenvalue weighted by atomic mass is 10.2. The van der Waals surface area contributed by atoms with Crippen LogP contribution in [-0.4, -0.2) is 24.1 Å². The van der Waals surface area contributed by atoms with E-state index in [1.54, 1.807) is 0 Å². The van der Waals surface area contributed by atoms with Crippen molar-refractivity contribution in [3.63, 3.8) is 0 Å². The Kier molecular flexibility index (Phi) is 8.22. The SMILES string of the molecule is CCCNC(=S)NCCCCC(N)=O. The van der Waals surface area contributed by atoms with E-state index in [0.717, 1.165) is 32.4 Å². The fourth-order valence-electron chi connectivity index (χ4n) is 0.927. The molecule has 0 radical (unpaired) electrons. The molecule has 5 heteroatoms. The van der Waals surface area contributed by atoms with Crippen molar-refractivity contribution in [1.82, 2.24) is 10.6 Å². The highest BCUT2D eigenvalue weighted by atomic mass is 32.1. The molecular weight excluding hydrogens is 198 g/mol. The summed E-state index contributed by atoms with van der Waals surface area (Å²) in [6, 6.07) is 0. The fourth-order valence-corrected chi connectivity index (χ4v) is 1.13. The molecule has 0 aliphatic heterocycles. The summed E-state index contributed by atoms with van der Waals surface area (Å²) in [5.41, 5.74) is 5.00. The molecule has 0 aliphatic carbocycles. The van der Waals surface area contributed by atoms with Crippen LogP contribution in [0.25, 0.3) is 0 Å². The third-order valence-corrected chi connectivity index (χ3v) is 1.96. The third kappa shape index (κ3) is 9.25. The molecule has 0 saturated carbocycles. The summed E-state index contributed by atoms with van der Waals surface area (Å²) in [5, 5.41) is 6.81. The van der Waals surface area contributed by atoms with E-state index in [1.807, 2.05) is 0 Å². The van der Waals surface area contributed by atoms with Crippen LogP contribution in [-0.2, 0) is 4.79 Å². The smallest absolute Gasteiger partial charge is 0.217 e. The number of primary amides is 1. The second kappa shape index (κ2) is 8.74. The number of thiocarbonyl (C=S) groups is 1. The van der Waals surface area contributed by atoms with Gasteiger partial charge in [0.2, 0.25) is 5.91 Å². The van der Waals surface area contributed by atoms with E-state index in [0.29, 0.717) is 11.5 Å². The van der Waals surface area contributed by atoms with Gasteiger partial charge in [-0.1, -0.05) is 6.92 Å². The average molecular weight is 217 g/mol. The summed E-state index contributed by atoms with van der Waals surface area (Å²) >= 11 is 5.01. The predicted octanol–water partition coefficient (Wildman–Crippen LogP) is 0.516. The Balaban J connectivity index is 3.19. The van der Waals surface area contributed by atoms with Crippen molar-refractivity contribution in [3.8, 4) is 0 Å². The Hall–Kier alpha value is -0.840. The lowest BCUT2D eigenvalue weighted by Crippen LogP contribution is -2.36. The van der Waals surface area contributed by atoms with E-state index in [4.69, 9.17) is 18.0 Å². The predicted molar refractivity (Wildman–Crippen MR) is 61.9 cm³/mol. The molecule has 0 aliphatic rings. The molecule has 0 unspecified atom stereocenters. The normalized spacial score (nSPS) is 9.50. The van der Waals surface area contributed by atoms with Gasteiger partial charge in [-0.15, -0.1) is 0 Å². The van der Waals surface area contributed by atoms with E-state index in [1.165, 1.54) is 0 Å². The first-order chi connectivity index (χ1) is 6.66. The van der Waals surface area contributed by atoms with Crippen LogP contribution in [0.5, 0.6) is 0 Å². The summed E-state index contributed by atoms with van der Waals surface area (Å²) in [7, 11) is 0. The minimum Gasteiger partial charge on any atom is -0.370 e.